The summed E-state index contributed by atoms with van der Waals surface area (Å²) in [5.74, 6) is -1.48. The minimum atomic E-state index is -4.53. The van der Waals surface area contributed by atoms with Gasteiger partial charge in [-0.05, 0) is 30.2 Å². The van der Waals surface area contributed by atoms with Crippen LogP contribution in [0.1, 0.15) is 34.6 Å². The molecule has 2 aromatic carbocycles. The van der Waals surface area contributed by atoms with Gasteiger partial charge in [0.05, 0.1) is 23.4 Å². The highest BCUT2D eigenvalue weighted by molar-refractivity contribution is 6.05. The quantitative estimate of drug-likeness (QED) is 0.471. The molecule has 2 rings (SSSR count). The van der Waals surface area contributed by atoms with Gasteiger partial charge in [-0.1, -0.05) is 38.1 Å². The summed E-state index contributed by atoms with van der Waals surface area (Å²) in [6, 6.07) is 12.4. The SMILES string of the molecule is CC(C)CNC(=O)c1ccccc1NC(=O)CNc1ccccc1C(=O)NCC(F)(F)F. The highest BCUT2D eigenvalue weighted by Crippen LogP contribution is 2.18. The van der Waals surface area contributed by atoms with Crippen molar-refractivity contribution in [3.63, 3.8) is 0 Å². The molecule has 7 nitrogen and oxygen atoms in total. The Morgan fingerprint density at radius 1 is 0.844 bits per heavy atom. The van der Waals surface area contributed by atoms with Crippen LogP contribution in [0, 0.1) is 5.92 Å². The van der Waals surface area contributed by atoms with Crippen molar-refractivity contribution < 1.29 is 27.6 Å². The molecule has 3 amide bonds. The van der Waals surface area contributed by atoms with E-state index in [1.165, 1.54) is 18.2 Å². The van der Waals surface area contributed by atoms with Gasteiger partial charge >= 0.3 is 6.18 Å². The highest BCUT2D eigenvalue weighted by atomic mass is 19.4. The van der Waals surface area contributed by atoms with Gasteiger partial charge in [0.2, 0.25) is 5.91 Å². The second-order valence-electron chi connectivity index (χ2n) is 7.39. The van der Waals surface area contributed by atoms with Crippen molar-refractivity contribution in [3.05, 3.63) is 59.7 Å². The molecule has 10 heteroatoms. The Balaban J connectivity index is 2.01. The number of benzene rings is 2. The van der Waals surface area contributed by atoms with E-state index in [1.54, 1.807) is 35.6 Å². The lowest BCUT2D eigenvalue weighted by molar-refractivity contribution is -0.123. The van der Waals surface area contributed by atoms with Crippen molar-refractivity contribution in [2.75, 3.05) is 30.3 Å². The molecule has 0 fully saturated rings. The van der Waals surface area contributed by atoms with E-state index < -0.39 is 24.5 Å². The van der Waals surface area contributed by atoms with Gasteiger partial charge in [-0.15, -0.1) is 0 Å². The van der Waals surface area contributed by atoms with Crippen LogP contribution in [0.25, 0.3) is 0 Å². The number of carbonyl (C=O) groups excluding carboxylic acids is 3. The smallest absolute Gasteiger partial charge is 0.376 e. The third-order valence-corrected chi connectivity index (χ3v) is 4.18. The van der Waals surface area contributed by atoms with Gasteiger partial charge < -0.3 is 21.3 Å². The molecule has 0 radical (unpaired) electrons. The Morgan fingerprint density at radius 3 is 1.97 bits per heavy atom. The van der Waals surface area contributed by atoms with Crippen LogP contribution in [0.5, 0.6) is 0 Å². The molecule has 0 atom stereocenters. The largest absolute Gasteiger partial charge is 0.405 e. The molecule has 0 bridgehead atoms. The minimum absolute atomic E-state index is 0.0296. The monoisotopic (exact) mass is 450 g/mol. The zero-order valence-electron chi connectivity index (χ0n) is 17.7. The fourth-order valence-electron chi connectivity index (χ4n) is 2.66. The fraction of sp³-hybridized carbons (Fsp3) is 0.318. The van der Waals surface area contributed by atoms with E-state index in [4.69, 9.17) is 0 Å². The average Bonchev–Trinajstić information content (AvgIpc) is 2.74. The van der Waals surface area contributed by atoms with Crippen LogP contribution >= 0.6 is 0 Å². The number of hydrogen-bond donors (Lipinski definition) is 4. The molecule has 0 saturated heterocycles. The Morgan fingerprint density at radius 2 is 1.38 bits per heavy atom. The first-order chi connectivity index (χ1) is 15.1. The summed E-state index contributed by atoms with van der Waals surface area (Å²) in [7, 11) is 0. The van der Waals surface area contributed by atoms with Crippen LogP contribution in [0.3, 0.4) is 0 Å². The second-order valence-corrected chi connectivity index (χ2v) is 7.39. The van der Waals surface area contributed by atoms with E-state index in [-0.39, 0.29) is 29.6 Å². The predicted molar refractivity (Wildman–Crippen MR) is 116 cm³/mol. The number of amides is 3. The maximum atomic E-state index is 12.4. The van der Waals surface area contributed by atoms with E-state index >= 15 is 0 Å². The van der Waals surface area contributed by atoms with Crippen LogP contribution < -0.4 is 21.3 Å². The zero-order valence-corrected chi connectivity index (χ0v) is 17.7. The first kappa shape index (κ1) is 24.7. The van der Waals surface area contributed by atoms with Gasteiger partial charge in [-0.2, -0.15) is 13.2 Å². The maximum absolute atomic E-state index is 12.4. The molecule has 0 aliphatic carbocycles. The number of halogens is 3. The predicted octanol–water partition coefficient (Wildman–Crippen LogP) is 3.42. The van der Waals surface area contributed by atoms with Crippen molar-refractivity contribution >= 4 is 29.1 Å². The summed E-state index contributed by atoms with van der Waals surface area (Å²) in [6.07, 6.45) is -4.53. The van der Waals surface area contributed by atoms with Gasteiger partial charge in [0.15, 0.2) is 0 Å². The minimum Gasteiger partial charge on any atom is -0.376 e. The summed E-state index contributed by atoms with van der Waals surface area (Å²) in [4.78, 5) is 36.9. The Bertz CT molecular complexity index is 961. The molecule has 0 unspecified atom stereocenters. The Hall–Kier alpha value is -3.56. The highest BCUT2D eigenvalue weighted by Gasteiger charge is 2.28. The van der Waals surface area contributed by atoms with Gasteiger partial charge in [-0.3, -0.25) is 14.4 Å². The number of anilines is 2. The molecule has 2 aromatic rings. The van der Waals surface area contributed by atoms with Crippen LogP contribution in [-0.4, -0.2) is 43.5 Å². The van der Waals surface area contributed by atoms with Gasteiger partial charge in [-0.25, -0.2) is 0 Å². The first-order valence-corrected chi connectivity index (χ1v) is 9.91. The molecule has 32 heavy (non-hydrogen) atoms. The standard InChI is InChI=1S/C22H25F3N4O3/c1-14(2)11-27-20(31)16-8-4-6-10-18(16)29-19(30)12-26-17-9-5-3-7-15(17)21(32)28-13-22(23,24)25/h3-10,14,26H,11-13H2,1-2H3,(H,27,31)(H,28,32)(H,29,30). The van der Waals surface area contributed by atoms with Crippen molar-refractivity contribution in [1.82, 2.24) is 10.6 Å². The lowest BCUT2D eigenvalue weighted by atomic mass is 10.1. The van der Waals surface area contributed by atoms with E-state index in [1.807, 2.05) is 13.8 Å². The summed E-state index contributed by atoms with van der Waals surface area (Å²) in [5.41, 5.74) is 0.786. The number of hydrogen-bond acceptors (Lipinski definition) is 4. The normalized spacial score (nSPS) is 11.1. The molecule has 0 heterocycles. The van der Waals surface area contributed by atoms with E-state index in [0.29, 0.717) is 17.8 Å². The Labute approximate surface area is 183 Å². The summed E-state index contributed by atoms with van der Waals surface area (Å²) in [6.45, 7) is 2.67. The summed E-state index contributed by atoms with van der Waals surface area (Å²) >= 11 is 0. The molecule has 0 aliphatic rings. The molecule has 4 N–H and O–H groups in total. The third kappa shape index (κ3) is 7.93. The van der Waals surface area contributed by atoms with Crippen LogP contribution in [-0.2, 0) is 4.79 Å². The first-order valence-electron chi connectivity index (χ1n) is 9.91. The van der Waals surface area contributed by atoms with Crippen LogP contribution in [0.4, 0.5) is 24.5 Å². The van der Waals surface area contributed by atoms with E-state index in [2.05, 4.69) is 16.0 Å². The van der Waals surface area contributed by atoms with E-state index in [9.17, 15) is 27.6 Å². The molecule has 0 spiro atoms. The Kier molecular flexibility index (Phi) is 8.62. The molecular formula is C22H25F3N4O3. The lowest BCUT2D eigenvalue weighted by Crippen LogP contribution is -2.34. The van der Waals surface area contributed by atoms with E-state index in [0.717, 1.165) is 0 Å². The topological polar surface area (TPSA) is 99.3 Å². The number of para-hydroxylation sites is 2. The van der Waals surface area contributed by atoms with Gasteiger partial charge in [0, 0.05) is 12.2 Å². The fourth-order valence-corrected chi connectivity index (χ4v) is 2.66. The van der Waals surface area contributed by atoms with Crippen molar-refractivity contribution in [1.29, 1.82) is 0 Å². The molecule has 172 valence electrons. The molecule has 0 aromatic heterocycles. The second kappa shape index (κ2) is 11.2. The van der Waals surface area contributed by atoms with Crippen molar-refractivity contribution in [3.8, 4) is 0 Å². The maximum Gasteiger partial charge on any atom is 0.405 e. The molecule has 0 saturated carbocycles. The number of rotatable bonds is 9. The average molecular weight is 450 g/mol. The van der Waals surface area contributed by atoms with Crippen molar-refractivity contribution in [2.45, 2.75) is 20.0 Å². The zero-order chi connectivity index (χ0) is 23.7. The summed E-state index contributed by atoms with van der Waals surface area (Å²) < 4.78 is 37.1. The van der Waals surface area contributed by atoms with Crippen LogP contribution in [0.15, 0.2) is 48.5 Å². The summed E-state index contributed by atoms with van der Waals surface area (Å²) in [5, 5.41) is 9.96. The number of nitrogens with one attached hydrogen (secondary N) is 4. The lowest BCUT2D eigenvalue weighted by Gasteiger charge is -2.14. The number of carbonyl (C=O) groups is 3. The van der Waals surface area contributed by atoms with Gasteiger partial charge in [0.25, 0.3) is 11.8 Å². The van der Waals surface area contributed by atoms with Gasteiger partial charge in [0.1, 0.15) is 6.54 Å². The van der Waals surface area contributed by atoms with Crippen molar-refractivity contribution in [2.24, 2.45) is 5.92 Å². The third-order valence-electron chi connectivity index (χ3n) is 4.18. The molecule has 0 aliphatic heterocycles. The number of alkyl halides is 3. The molecular weight excluding hydrogens is 425 g/mol. The van der Waals surface area contributed by atoms with Crippen LogP contribution in [0.2, 0.25) is 0 Å².